The smallest absolute Gasteiger partial charge is 0.329 e. The molecule has 2 saturated heterocycles. The van der Waals surface area contributed by atoms with Crippen molar-refractivity contribution in [3.63, 3.8) is 0 Å². The summed E-state index contributed by atoms with van der Waals surface area (Å²) in [5.41, 5.74) is 6.23. The molecule has 2 aliphatic heterocycles. The van der Waals surface area contributed by atoms with Crippen LogP contribution in [0.5, 0.6) is 11.5 Å². The number of aryl methyl sites for hydroxylation is 1. The molecule has 0 spiro atoms. The van der Waals surface area contributed by atoms with Gasteiger partial charge in [-0.05, 0) is 87.3 Å². The average molecular weight is 973 g/mol. The van der Waals surface area contributed by atoms with Crippen LogP contribution in [0.2, 0.25) is 5.02 Å². The minimum Gasteiger partial charge on any atom is -0.508 e. The molecule has 2 fully saturated rings. The van der Waals surface area contributed by atoms with Gasteiger partial charge in [-0.15, -0.1) is 0 Å². The van der Waals surface area contributed by atoms with E-state index in [0.29, 0.717) is 11.1 Å². The number of nitrogens with zero attached hydrogens (tertiary/aromatic N) is 2. The fourth-order valence-corrected chi connectivity index (χ4v) is 8.12. The second-order valence-corrected chi connectivity index (χ2v) is 17.5. The van der Waals surface area contributed by atoms with E-state index in [4.69, 9.17) is 22.1 Å². The number of carbonyl (C=O) groups is 9. The van der Waals surface area contributed by atoms with Crippen molar-refractivity contribution in [3.8, 4) is 11.5 Å². The summed E-state index contributed by atoms with van der Waals surface area (Å²) in [5.74, 6) is -8.89. The minimum atomic E-state index is -1.84. The Labute approximate surface area is 397 Å². The number of nitrogens with one attached hydrogen (secondary N) is 5. The van der Waals surface area contributed by atoms with E-state index in [1.54, 1.807) is 26.0 Å². The zero-order chi connectivity index (χ0) is 50.6. The van der Waals surface area contributed by atoms with E-state index < -0.39 is 114 Å². The zero-order valence-corrected chi connectivity index (χ0v) is 39.1. The number of piperidine rings is 1. The molecule has 2 aromatic carbocycles. The molecule has 2 heterocycles. The Hall–Kier alpha value is -6.52. The summed E-state index contributed by atoms with van der Waals surface area (Å²) < 4.78 is 5.83. The first-order chi connectivity index (χ1) is 32.1. The molecular weight excluding hydrogens is 912 g/mol. The lowest BCUT2D eigenvalue weighted by Crippen LogP contribution is -2.67. The Balaban J connectivity index is 1.89. The predicted molar refractivity (Wildman–Crippen MR) is 242 cm³/mol. The first-order valence-corrected chi connectivity index (χ1v) is 22.6. The van der Waals surface area contributed by atoms with Crippen molar-refractivity contribution in [1.82, 2.24) is 36.4 Å². The molecule has 22 nitrogen and oxygen atoms in total. The van der Waals surface area contributed by atoms with Crippen LogP contribution in [-0.2, 0) is 60.7 Å². The molecular formula is C45H61ClN8O14. The topological polar surface area (TPSA) is 336 Å². The van der Waals surface area contributed by atoms with Crippen molar-refractivity contribution in [1.29, 1.82) is 0 Å². The highest BCUT2D eigenvalue weighted by molar-refractivity contribution is 6.32. The van der Waals surface area contributed by atoms with Crippen molar-refractivity contribution in [3.05, 3.63) is 58.6 Å². The van der Waals surface area contributed by atoms with Crippen molar-refractivity contribution >= 4 is 65.3 Å². The summed E-state index contributed by atoms with van der Waals surface area (Å²) in [6, 6.07) is -1.08. The number of fused-ring (bicyclic) bond motifs is 2. The normalized spacial score (nSPS) is 25.8. The van der Waals surface area contributed by atoms with Crippen LogP contribution in [0.1, 0.15) is 77.3 Å². The van der Waals surface area contributed by atoms with Crippen LogP contribution < -0.4 is 32.3 Å². The van der Waals surface area contributed by atoms with Crippen LogP contribution in [0.4, 0.5) is 0 Å². The molecule has 11 N–H and O–H groups in total. The van der Waals surface area contributed by atoms with Gasteiger partial charge in [0.1, 0.15) is 66.1 Å². The molecule has 11 atom stereocenters. The molecule has 2 bridgehead atoms. The number of hydrogen-bond acceptors (Lipinski definition) is 14. The maximum atomic E-state index is 14.6. The highest BCUT2D eigenvalue weighted by Crippen LogP contribution is 2.27. The number of halogens is 1. The molecule has 23 heteroatoms. The van der Waals surface area contributed by atoms with Crippen molar-refractivity contribution in [2.24, 2.45) is 11.7 Å². The summed E-state index contributed by atoms with van der Waals surface area (Å²) in [5, 5.41) is 54.8. The molecule has 0 saturated carbocycles. The Bertz CT molecular complexity index is 2180. The zero-order valence-electron chi connectivity index (χ0n) is 38.3. The highest BCUT2D eigenvalue weighted by Gasteiger charge is 2.47. The Morgan fingerprint density at radius 3 is 2.22 bits per heavy atom. The average Bonchev–Trinajstić information content (AvgIpc) is 3.28. The predicted octanol–water partition coefficient (Wildman–Crippen LogP) is -1.25. The molecule has 8 amide bonds. The van der Waals surface area contributed by atoms with Gasteiger partial charge in [0.05, 0.1) is 11.1 Å². The number of likely N-dealkylation sites (N-methyl/N-ethyl adjacent to an activating group) is 1. The van der Waals surface area contributed by atoms with Gasteiger partial charge in [0.25, 0.3) is 0 Å². The number of cyclic esters (lactones) is 1. The number of carbonyl (C=O) groups excluding carboxylic acids is 9. The minimum absolute atomic E-state index is 0.0392. The van der Waals surface area contributed by atoms with E-state index in [1.165, 1.54) is 51.2 Å². The van der Waals surface area contributed by atoms with Gasteiger partial charge >= 0.3 is 5.97 Å². The van der Waals surface area contributed by atoms with Crippen LogP contribution in [0, 0.1) is 5.92 Å². The van der Waals surface area contributed by atoms with Crippen molar-refractivity contribution < 1.29 is 68.3 Å². The van der Waals surface area contributed by atoms with E-state index in [-0.39, 0.29) is 74.3 Å². The Kier molecular flexibility index (Phi) is 19.5. The number of rotatable bonds is 15. The Morgan fingerprint density at radius 1 is 0.956 bits per heavy atom. The fourth-order valence-electron chi connectivity index (χ4n) is 7.92. The summed E-state index contributed by atoms with van der Waals surface area (Å²) in [4.78, 5) is 125. The highest BCUT2D eigenvalue weighted by atomic mass is 35.5. The molecule has 1 unspecified atom stereocenters. The van der Waals surface area contributed by atoms with Gasteiger partial charge < -0.3 is 67.3 Å². The third-order valence-electron chi connectivity index (χ3n) is 12.1. The number of benzene rings is 2. The second kappa shape index (κ2) is 24.5. The summed E-state index contributed by atoms with van der Waals surface area (Å²) in [6.45, 7) is 5.76. The van der Waals surface area contributed by atoms with Gasteiger partial charge in [0.2, 0.25) is 47.8 Å². The molecule has 2 aromatic rings. The molecule has 2 aliphatic rings. The van der Waals surface area contributed by atoms with Gasteiger partial charge in [0.15, 0.2) is 0 Å². The lowest BCUT2D eigenvalue weighted by Gasteiger charge is -2.43. The van der Waals surface area contributed by atoms with Crippen LogP contribution in [0.3, 0.4) is 0 Å². The summed E-state index contributed by atoms with van der Waals surface area (Å²) in [7, 11) is 1.21. The number of aromatic hydroxyl groups is 2. The number of aliphatic hydroxyl groups is 2. The Morgan fingerprint density at radius 2 is 1.62 bits per heavy atom. The number of primary amides is 1. The number of hydrogen-bond donors (Lipinski definition) is 10. The van der Waals surface area contributed by atoms with E-state index in [9.17, 15) is 63.6 Å². The third-order valence-corrected chi connectivity index (χ3v) is 12.4. The maximum absolute atomic E-state index is 14.6. The number of amides is 8. The van der Waals surface area contributed by atoms with Crippen molar-refractivity contribution in [2.75, 3.05) is 7.05 Å². The second-order valence-electron chi connectivity index (χ2n) is 17.1. The lowest BCUT2D eigenvalue weighted by molar-refractivity contribution is -0.170. The van der Waals surface area contributed by atoms with Crippen LogP contribution in [-0.4, -0.2) is 152 Å². The molecule has 0 aliphatic carbocycles. The molecule has 372 valence electrons. The standard InChI is InChI=1S/C45H61ClN8O14/c1-6-22(2)36-45(67)68-24(4)37(52-39(61)29(48-21-55)14-17-34(47)59)42(64)49-30(13-9-25-7-11-27(57)12-8-25)40(62)50-31-15-18-35(60)54(43(31)65)38(23(3)56)44(66)53(5)32(41(63)51-36)20-26-10-16-33(58)28(46)19-26/h7-8,10-12,16,19,21-24,29-32,35-38,56-58,60H,6,9,13-15,17-18,20H2,1-5H3,(H2,47,59)(H,48,55)(H,49,64)(H,50,62)(H,51,63)(H,52,61)/t22-,23+,24+,29-,30-,31-,32-,35+,36?,37-,38+/m0/s1. The monoisotopic (exact) mass is 972 g/mol. The maximum Gasteiger partial charge on any atom is 0.329 e. The van der Waals surface area contributed by atoms with E-state index in [1.807, 2.05) is 0 Å². The van der Waals surface area contributed by atoms with E-state index in [2.05, 4.69) is 26.6 Å². The molecule has 4 rings (SSSR count). The van der Waals surface area contributed by atoms with Gasteiger partial charge in [-0.1, -0.05) is 50.1 Å². The number of phenolic OH excluding ortho intramolecular Hbond substituents is 2. The number of esters is 1. The quantitative estimate of drug-likeness (QED) is 0.0738. The first kappa shape index (κ1) is 54.1. The molecule has 68 heavy (non-hydrogen) atoms. The van der Waals surface area contributed by atoms with E-state index in [0.717, 1.165) is 9.80 Å². The number of ether oxygens (including phenoxy) is 1. The van der Waals surface area contributed by atoms with Crippen molar-refractivity contribution in [2.45, 2.75) is 140 Å². The van der Waals surface area contributed by atoms with Crippen LogP contribution in [0.25, 0.3) is 0 Å². The van der Waals surface area contributed by atoms with E-state index >= 15 is 0 Å². The molecule has 0 aromatic heterocycles. The third kappa shape index (κ3) is 14.0. The fraction of sp³-hybridized carbons (Fsp3) is 0.533. The SMILES string of the molecule is CC[C@H](C)C1NC(=O)[C@H](Cc2ccc(O)c(Cl)c2)N(C)C(=O)[C@@H]([C@@H](C)O)N2C(=O)[C@H](CC[C@H]2O)NC(=O)[C@H](CCc2ccc(O)cc2)NC(=O)[C@@H](NC(=O)[C@H](CCC(N)=O)NC=O)[C@@H](C)OC1=O. The number of nitrogens with two attached hydrogens (primary N) is 1. The summed E-state index contributed by atoms with van der Waals surface area (Å²) >= 11 is 6.21. The van der Waals surface area contributed by atoms with Crippen LogP contribution in [0.15, 0.2) is 42.5 Å². The van der Waals surface area contributed by atoms with Gasteiger partial charge in [-0.3, -0.25) is 38.4 Å². The molecule has 0 radical (unpaired) electrons. The number of aliphatic hydroxyl groups excluding tert-OH is 2. The van der Waals surface area contributed by atoms with Gasteiger partial charge in [0, 0.05) is 19.9 Å². The van der Waals surface area contributed by atoms with Crippen LogP contribution >= 0.6 is 11.6 Å². The first-order valence-electron chi connectivity index (χ1n) is 22.2. The number of phenols is 2. The van der Waals surface area contributed by atoms with Gasteiger partial charge in [-0.2, -0.15) is 0 Å². The largest absolute Gasteiger partial charge is 0.508 e. The van der Waals surface area contributed by atoms with Gasteiger partial charge in [-0.25, -0.2) is 4.79 Å². The lowest BCUT2D eigenvalue weighted by atomic mass is 9.96. The summed E-state index contributed by atoms with van der Waals surface area (Å²) in [6.07, 6.45) is -5.86.